The predicted molar refractivity (Wildman–Crippen MR) is 248 cm³/mol. The SMILES string of the molecule is CC/C=C\C/C=C\C/C=C\C/C=C\C/C=C\CCCCOCC(COC1OC(CO)C(O)C(OS(=O)(=O)O)C1O)OC(=O)CCCCCCCCCCCCCCCCCCC. The number of rotatable bonds is 41. The lowest BCUT2D eigenvalue weighted by molar-refractivity contribution is -0.301. The van der Waals surface area contributed by atoms with Crippen LogP contribution in [0.25, 0.3) is 0 Å². The standard InChI is InChI=1S/C49H86O12S/c1-3-5-7-9-11-13-15-17-19-21-23-25-27-29-31-33-35-37-39-57-41-43(42-58-49-47(53)48(61-62(54,55)56)46(52)44(40-50)60-49)59-45(51)38-36-34-32-30-28-26-24-22-20-18-16-14-12-10-8-6-4-2/h5,7,11,13,17,19,23,25,29,31,43-44,46-50,52-53H,3-4,6,8-10,12,14-16,18,20-22,24,26-28,30,32-42H2,1-2H3,(H,54,55,56)/b7-5-,13-11-,19-17-,25-23-,31-29-. The number of aliphatic hydroxyl groups is 3. The maximum atomic E-state index is 12.9. The number of aliphatic hydroxyl groups excluding tert-OH is 3. The molecule has 1 aliphatic heterocycles. The highest BCUT2D eigenvalue weighted by Gasteiger charge is 2.48. The number of allylic oxidation sites excluding steroid dienone is 10. The molecule has 0 aliphatic carbocycles. The van der Waals surface area contributed by atoms with Gasteiger partial charge in [-0.1, -0.05) is 177 Å². The molecule has 6 atom stereocenters. The smallest absolute Gasteiger partial charge is 0.397 e. The van der Waals surface area contributed by atoms with Crippen molar-refractivity contribution >= 4 is 16.4 Å². The van der Waals surface area contributed by atoms with Gasteiger partial charge in [-0.3, -0.25) is 9.35 Å². The topological polar surface area (TPSA) is 178 Å². The Morgan fingerprint density at radius 1 is 0.629 bits per heavy atom. The molecule has 1 fully saturated rings. The van der Waals surface area contributed by atoms with Crippen LogP contribution in [0.1, 0.15) is 181 Å². The van der Waals surface area contributed by atoms with E-state index in [1.165, 1.54) is 83.5 Å². The van der Waals surface area contributed by atoms with E-state index in [-0.39, 0.29) is 19.6 Å². The number of esters is 1. The molecule has 0 spiro atoms. The second-order valence-corrected chi connectivity index (χ2v) is 17.4. The Hall–Kier alpha value is -2.20. The number of hydrogen-bond donors (Lipinski definition) is 4. The van der Waals surface area contributed by atoms with Crippen LogP contribution in [-0.4, -0.2) is 97.5 Å². The molecule has 0 amide bonds. The normalized spacial score (nSPS) is 20.5. The molecule has 0 saturated carbocycles. The lowest BCUT2D eigenvalue weighted by Crippen LogP contribution is -2.60. The zero-order valence-corrected chi connectivity index (χ0v) is 39.2. The summed E-state index contributed by atoms with van der Waals surface area (Å²) in [5, 5.41) is 30.7. The van der Waals surface area contributed by atoms with Crippen molar-refractivity contribution in [2.45, 2.75) is 218 Å². The Labute approximate surface area is 376 Å². The van der Waals surface area contributed by atoms with E-state index in [2.05, 4.69) is 78.8 Å². The van der Waals surface area contributed by atoms with Crippen LogP contribution in [0.15, 0.2) is 60.8 Å². The summed E-state index contributed by atoms with van der Waals surface area (Å²) in [5.41, 5.74) is 0. The summed E-state index contributed by atoms with van der Waals surface area (Å²) < 4.78 is 59.1. The van der Waals surface area contributed by atoms with Gasteiger partial charge in [0.25, 0.3) is 0 Å². The molecule has 1 aliphatic rings. The maximum absolute atomic E-state index is 12.9. The van der Waals surface area contributed by atoms with Gasteiger partial charge in [-0.15, -0.1) is 0 Å². The molecule has 12 nitrogen and oxygen atoms in total. The van der Waals surface area contributed by atoms with E-state index in [4.69, 9.17) is 18.9 Å². The summed E-state index contributed by atoms with van der Waals surface area (Å²) in [6.07, 6.45) is 41.1. The molecule has 1 saturated heterocycles. The second-order valence-electron chi connectivity index (χ2n) is 16.3. The Morgan fingerprint density at radius 3 is 1.60 bits per heavy atom. The van der Waals surface area contributed by atoms with Crippen LogP contribution >= 0.6 is 0 Å². The van der Waals surface area contributed by atoms with Crippen LogP contribution in [0, 0.1) is 0 Å². The van der Waals surface area contributed by atoms with Crippen molar-refractivity contribution in [3.63, 3.8) is 0 Å². The quantitative estimate of drug-likeness (QED) is 0.0198. The largest absolute Gasteiger partial charge is 0.457 e. The minimum absolute atomic E-state index is 0.00622. The third-order valence-corrected chi connectivity index (χ3v) is 11.1. The Morgan fingerprint density at radius 2 is 1.11 bits per heavy atom. The molecule has 0 radical (unpaired) electrons. The molecule has 1 rings (SSSR count). The van der Waals surface area contributed by atoms with Gasteiger partial charge in [-0.05, 0) is 57.8 Å². The maximum Gasteiger partial charge on any atom is 0.397 e. The summed E-state index contributed by atoms with van der Waals surface area (Å²) in [4.78, 5) is 12.9. The summed E-state index contributed by atoms with van der Waals surface area (Å²) in [6, 6.07) is 0. The number of carbonyl (C=O) groups is 1. The molecule has 0 bridgehead atoms. The molecular formula is C49H86O12S. The average molecular weight is 899 g/mol. The van der Waals surface area contributed by atoms with Gasteiger partial charge in [0.15, 0.2) is 6.29 Å². The second kappa shape index (κ2) is 40.3. The number of unbranched alkanes of at least 4 members (excludes halogenated alkanes) is 18. The van der Waals surface area contributed by atoms with Gasteiger partial charge in [-0.25, -0.2) is 4.18 Å². The first-order valence-electron chi connectivity index (χ1n) is 24.0. The van der Waals surface area contributed by atoms with Crippen molar-refractivity contribution in [1.29, 1.82) is 0 Å². The van der Waals surface area contributed by atoms with Gasteiger partial charge in [-0.2, -0.15) is 8.42 Å². The summed E-state index contributed by atoms with van der Waals surface area (Å²) in [5.74, 6) is -0.414. The van der Waals surface area contributed by atoms with E-state index in [1.54, 1.807) is 0 Å². The van der Waals surface area contributed by atoms with E-state index >= 15 is 0 Å². The minimum Gasteiger partial charge on any atom is -0.457 e. The molecule has 4 N–H and O–H groups in total. The number of carbonyl (C=O) groups excluding carboxylic acids is 1. The van der Waals surface area contributed by atoms with Crippen molar-refractivity contribution in [3.05, 3.63) is 60.8 Å². The van der Waals surface area contributed by atoms with Crippen molar-refractivity contribution in [2.75, 3.05) is 26.4 Å². The van der Waals surface area contributed by atoms with Gasteiger partial charge in [0, 0.05) is 13.0 Å². The van der Waals surface area contributed by atoms with E-state index in [9.17, 15) is 33.1 Å². The van der Waals surface area contributed by atoms with E-state index in [0.29, 0.717) is 13.0 Å². The third-order valence-electron chi connectivity index (χ3n) is 10.7. The van der Waals surface area contributed by atoms with Crippen LogP contribution < -0.4 is 0 Å². The van der Waals surface area contributed by atoms with Gasteiger partial charge >= 0.3 is 16.4 Å². The predicted octanol–water partition coefficient (Wildman–Crippen LogP) is 10.5. The van der Waals surface area contributed by atoms with Gasteiger partial charge in [0.05, 0.1) is 19.8 Å². The fraction of sp³-hybridized carbons (Fsp3) is 0.776. The van der Waals surface area contributed by atoms with Crippen LogP contribution in [0.5, 0.6) is 0 Å². The summed E-state index contributed by atoms with van der Waals surface area (Å²) in [7, 11) is -5.07. The molecular weight excluding hydrogens is 813 g/mol. The van der Waals surface area contributed by atoms with Crippen molar-refractivity contribution in [1.82, 2.24) is 0 Å². The van der Waals surface area contributed by atoms with E-state index in [1.807, 2.05) is 0 Å². The first kappa shape index (κ1) is 57.8. The molecule has 62 heavy (non-hydrogen) atoms. The molecule has 6 unspecified atom stereocenters. The Bertz CT molecular complexity index is 1310. The third kappa shape index (κ3) is 33.3. The van der Waals surface area contributed by atoms with E-state index < -0.39 is 59.8 Å². The summed E-state index contributed by atoms with van der Waals surface area (Å²) >= 11 is 0. The van der Waals surface area contributed by atoms with E-state index in [0.717, 1.165) is 70.6 Å². The zero-order valence-electron chi connectivity index (χ0n) is 38.4. The zero-order chi connectivity index (χ0) is 45.4. The highest BCUT2D eigenvalue weighted by molar-refractivity contribution is 7.80. The van der Waals surface area contributed by atoms with Gasteiger partial charge in [0.2, 0.25) is 0 Å². The molecule has 13 heteroatoms. The van der Waals surface area contributed by atoms with Crippen molar-refractivity contribution < 1.29 is 56.2 Å². The highest BCUT2D eigenvalue weighted by Crippen LogP contribution is 2.26. The fourth-order valence-electron chi connectivity index (χ4n) is 7.05. The average Bonchev–Trinajstić information content (AvgIpc) is 3.24. The van der Waals surface area contributed by atoms with Crippen LogP contribution in [0.4, 0.5) is 0 Å². The highest BCUT2D eigenvalue weighted by atomic mass is 32.3. The number of ether oxygens (including phenoxy) is 4. The van der Waals surface area contributed by atoms with Crippen LogP contribution in [-0.2, 0) is 38.3 Å². The molecule has 0 aromatic rings. The Balaban J connectivity index is 2.44. The van der Waals surface area contributed by atoms with Gasteiger partial charge < -0.3 is 34.3 Å². The van der Waals surface area contributed by atoms with Crippen LogP contribution in [0.3, 0.4) is 0 Å². The molecule has 0 aromatic carbocycles. The summed E-state index contributed by atoms with van der Waals surface area (Å²) in [6.45, 7) is 3.78. The lowest BCUT2D eigenvalue weighted by atomic mass is 9.99. The monoisotopic (exact) mass is 899 g/mol. The number of hydrogen-bond acceptors (Lipinski definition) is 11. The van der Waals surface area contributed by atoms with Crippen molar-refractivity contribution in [3.8, 4) is 0 Å². The Kier molecular flexibility index (Phi) is 37.6. The van der Waals surface area contributed by atoms with Crippen LogP contribution in [0.2, 0.25) is 0 Å². The molecule has 360 valence electrons. The molecule has 1 heterocycles. The molecule has 0 aromatic heterocycles. The first-order valence-corrected chi connectivity index (χ1v) is 25.4. The minimum atomic E-state index is -5.07. The fourth-order valence-corrected chi connectivity index (χ4v) is 7.56. The lowest BCUT2D eigenvalue weighted by Gasteiger charge is -2.41. The first-order chi connectivity index (χ1) is 30.1. The van der Waals surface area contributed by atoms with Crippen molar-refractivity contribution in [2.24, 2.45) is 0 Å². The van der Waals surface area contributed by atoms with Gasteiger partial charge in [0.1, 0.15) is 30.5 Å².